The smallest absolute Gasteiger partial charge is 0.308 e. The standard InChI is InChI=1S/C29H30N2O10/c1-18(32)38-24-10-6-22(16-26(24)40-20(3)34)8-12-28(36)30-14-5-15-31-29(37)13-9-23-7-11-25(39-19(2)33)27(17-23)41-21(4)35/h6-13,16-17H,5,14-15H2,1-4H3,(H,30,36)(H,31,37)/b12-8+,13-9+. The van der Waals surface area contributed by atoms with Gasteiger partial charge >= 0.3 is 23.9 Å². The van der Waals surface area contributed by atoms with Crippen molar-refractivity contribution in [3.63, 3.8) is 0 Å². The molecule has 2 aromatic rings. The third-order valence-corrected chi connectivity index (χ3v) is 4.76. The lowest BCUT2D eigenvalue weighted by molar-refractivity contribution is -0.134. The summed E-state index contributed by atoms with van der Waals surface area (Å²) in [5.41, 5.74) is 1.07. The lowest BCUT2D eigenvalue weighted by Crippen LogP contribution is -2.28. The molecule has 0 atom stereocenters. The van der Waals surface area contributed by atoms with E-state index in [4.69, 9.17) is 18.9 Å². The Labute approximate surface area is 236 Å². The molecule has 0 aliphatic heterocycles. The minimum Gasteiger partial charge on any atom is -0.423 e. The minimum atomic E-state index is -0.594. The SMILES string of the molecule is CC(=O)Oc1ccc(/C=C/C(=O)NCCCNC(=O)/C=C/c2ccc(OC(C)=O)c(OC(C)=O)c2)cc1OC(C)=O. The van der Waals surface area contributed by atoms with E-state index in [1.165, 1.54) is 76.3 Å². The maximum atomic E-state index is 12.1. The molecular formula is C29H30N2O10. The van der Waals surface area contributed by atoms with Gasteiger partial charge in [0.2, 0.25) is 11.8 Å². The molecule has 0 heterocycles. The first-order valence-corrected chi connectivity index (χ1v) is 12.4. The van der Waals surface area contributed by atoms with Crippen molar-refractivity contribution in [2.24, 2.45) is 0 Å². The van der Waals surface area contributed by atoms with Crippen molar-refractivity contribution in [3.05, 3.63) is 59.7 Å². The molecular weight excluding hydrogens is 536 g/mol. The molecule has 12 nitrogen and oxygen atoms in total. The number of esters is 4. The highest BCUT2D eigenvalue weighted by molar-refractivity contribution is 5.92. The van der Waals surface area contributed by atoms with E-state index in [0.717, 1.165) is 0 Å². The predicted octanol–water partition coefficient (Wildman–Crippen LogP) is 2.74. The van der Waals surface area contributed by atoms with Gasteiger partial charge in [-0.25, -0.2) is 0 Å². The average molecular weight is 567 g/mol. The summed E-state index contributed by atoms with van der Waals surface area (Å²) < 4.78 is 20.1. The Balaban J connectivity index is 1.81. The summed E-state index contributed by atoms with van der Waals surface area (Å²) in [5.74, 6) is -2.85. The molecule has 0 aliphatic carbocycles. The number of hydrogen-bond donors (Lipinski definition) is 2. The molecule has 2 N–H and O–H groups in total. The van der Waals surface area contributed by atoms with Crippen molar-refractivity contribution in [2.75, 3.05) is 13.1 Å². The van der Waals surface area contributed by atoms with E-state index in [9.17, 15) is 28.8 Å². The molecule has 0 fully saturated rings. The number of nitrogens with one attached hydrogen (secondary N) is 2. The molecule has 41 heavy (non-hydrogen) atoms. The second kappa shape index (κ2) is 16.0. The third-order valence-electron chi connectivity index (χ3n) is 4.76. The van der Waals surface area contributed by atoms with E-state index < -0.39 is 23.9 Å². The van der Waals surface area contributed by atoms with Crippen LogP contribution in [0.4, 0.5) is 0 Å². The highest BCUT2D eigenvalue weighted by atomic mass is 16.6. The van der Waals surface area contributed by atoms with E-state index >= 15 is 0 Å². The Morgan fingerprint density at radius 2 is 0.902 bits per heavy atom. The fourth-order valence-corrected chi connectivity index (χ4v) is 3.18. The van der Waals surface area contributed by atoms with Gasteiger partial charge in [-0.15, -0.1) is 0 Å². The summed E-state index contributed by atoms with van der Waals surface area (Å²) >= 11 is 0. The average Bonchev–Trinajstić information content (AvgIpc) is 2.87. The number of ether oxygens (including phenoxy) is 4. The molecule has 0 aliphatic rings. The summed E-state index contributed by atoms with van der Waals surface area (Å²) in [4.78, 5) is 69.3. The summed E-state index contributed by atoms with van der Waals surface area (Å²) in [6.45, 7) is 5.44. The van der Waals surface area contributed by atoms with Gasteiger partial charge in [-0.05, 0) is 54.0 Å². The van der Waals surface area contributed by atoms with Crippen LogP contribution < -0.4 is 29.6 Å². The molecule has 0 spiro atoms. The van der Waals surface area contributed by atoms with Crippen LogP contribution in [0.5, 0.6) is 23.0 Å². The van der Waals surface area contributed by atoms with E-state index in [0.29, 0.717) is 30.6 Å². The number of amides is 2. The topological polar surface area (TPSA) is 163 Å². The van der Waals surface area contributed by atoms with Crippen LogP contribution in [0.1, 0.15) is 45.2 Å². The van der Waals surface area contributed by atoms with Gasteiger partial charge in [0.15, 0.2) is 23.0 Å². The van der Waals surface area contributed by atoms with E-state index in [1.54, 1.807) is 12.1 Å². The molecule has 2 aromatic carbocycles. The van der Waals surface area contributed by atoms with Gasteiger partial charge in [0.1, 0.15) is 0 Å². The van der Waals surface area contributed by atoms with Crippen LogP contribution in [0.15, 0.2) is 48.6 Å². The Hall–Kier alpha value is -5.26. The zero-order valence-corrected chi connectivity index (χ0v) is 23.0. The van der Waals surface area contributed by atoms with Crippen molar-refractivity contribution in [1.29, 1.82) is 0 Å². The van der Waals surface area contributed by atoms with E-state index in [-0.39, 0.29) is 34.8 Å². The van der Waals surface area contributed by atoms with Crippen LogP contribution in [0.25, 0.3) is 12.2 Å². The zero-order valence-electron chi connectivity index (χ0n) is 23.0. The summed E-state index contributed by atoms with van der Waals surface area (Å²) in [6, 6.07) is 8.99. The zero-order chi connectivity index (χ0) is 30.4. The third kappa shape index (κ3) is 12.4. The maximum Gasteiger partial charge on any atom is 0.308 e. The number of carbonyl (C=O) groups excluding carboxylic acids is 6. The quantitative estimate of drug-likeness (QED) is 0.169. The first-order chi connectivity index (χ1) is 19.4. The first-order valence-electron chi connectivity index (χ1n) is 12.4. The lowest BCUT2D eigenvalue weighted by Gasteiger charge is -2.09. The number of hydrogen-bond acceptors (Lipinski definition) is 10. The molecule has 0 bridgehead atoms. The molecule has 0 saturated carbocycles. The molecule has 0 aromatic heterocycles. The second-order valence-corrected chi connectivity index (χ2v) is 8.39. The van der Waals surface area contributed by atoms with Crippen LogP contribution >= 0.6 is 0 Å². The van der Waals surface area contributed by atoms with Gasteiger partial charge in [0, 0.05) is 52.9 Å². The maximum absolute atomic E-state index is 12.1. The lowest BCUT2D eigenvalue weighted by atomic mass is 10.2. The monoisotopic (exact) mass is 566 g/mol. The highest BCUT2D eigenvalue weighted by Crippen LogP contribution is 2.30. The second-order valence-electron chi connectivity index (χ2n) is 8.39. The Bertz CT molecular complexity index is 1270. The number of carbonyl (C=O) groups is 6. The van der Waals surface area contributed by atoms with Gasteiger partial charge in [-0.1, -0.05) is 12.1 Å². The summed E-state index contributed by atoms with van der Waals surface area (Å²) in [6.07, 6.45) is 6.03. The number of benzene rings is 2. The molecule has 0 radical (unpaired) electrons. The van der Waals surface area contributed by atoms with Crippen molar-refractivity contribution in [3.8, 4) is 23.0 Å². The fourth-order valence-electron chi connectivity index (χ4n) is 3.18. The molecule has 0 unspecified atom stereocenters. The highest BCUT2D eigenvalue weighted by Gasteiger charge is 2.12. The van der Waals surface area contributed by atoms with Crippen LogP contribution in [-0.2, 0) is 28.8 Å². The van der Waals surface area contributed by atoms with Gasteiger partial charge in [-0.2, -0.15) is 0 Å². The van der Waals surface area contributed by atoms with Gasteiger partial charge in [0.05, 0.1) is 0 Å². The minimum absolute atomic E-state index is 0.0453. The Kier molecular flexibility index (Phi) is 12.5. The van der Waals surface area contributed by atoms with Crippen LogP contribution in [0, 0.1) is 0 Å². The van der Waals surface area contributed by atoms with Gasteiger partial charge in [-0.3, -0.25) is 28.8 Å². The number of rotatable bonds is 12. The van der Waals surface area contributed by atoms with Crippen LogP contribution in [0.3, 0.4) is 0 Å². The first kappa shape index (κ1) is 32.0. The normalized spacial score (nSPS) is 10.6. The molecule has 216 valence electrons. The van der Waals surface area contributed by atoms with Crippen LogP contribution in [-0.4, -0.2) is 48.8 Å². The largest absolute Gasteiger partial charge is 0.423 e. The molecule has 0 saturated heterocycles. The Morgan fingerprint density at radius 1 is 0.561 bits per heavy atom. The van der Waals surface area contributed by atoms with Crippen molar-refractivity contribution >= 4 is 47.8 Å². The van der Waals surface area contributed by atoms with E-state index in [1.807, 2.05) is 0 Å². The van der Waals surface area contributed by atoms with Crippen LogP contribution in [0.2, 0.25) is 0 Å². The Morgan fingerprint density at radius 3 is 1.24 bits per heavy atom. The van der Waals surface area contributed by atoms with Crippen molar-refractivity contribution in [2.45, 2.75) is 34.1 Å². The molecule has 2 rings (SSSR count). The summed E-state index contributed by atoms with van der Waals surface area (Å²) in [5, 5.41) is 5.36. The van der Waals surface area contributed by atoms with Gasteiger partial charge in [0.25, 0.3) is 0 Å². The molecule has 2 amide bonds. The van der Waals surface area contributed by atoms with Crippen molar-refractivity contribution in [1.82, 2.24) is 10.6 Å². The van der Waals surface area contributed by atoms with Crippen molar-refractivity contribution < 1.29 is 47.7 Å². The predicted molar refractivity (Wildman–Crippen MR) is 147 cm³/mol. The van der Waals surface area contributed by atoms with Gasteiger partial charge < -0.3 is 29.6 Å². The fraction of sp³-hybridized carbons (Fsp3) is 0.241. The van der Waals surface area contributed by atoms with E-state index in [2.05, 4.69) is 10.6 Å². The summed E-state index contributed by atoms with van der Waals surface area (Å²) in [7, 11) is 0. The molecule has 12 heteroatoms.